The van der Waals surface area contributed by atoms with Crippen molar-refractivity contribution < 1.29 is 19.0 Å². The first-order valence-electron chi connectivity index (χ1n) is 12.3. The standard InChI is InChI=1S/C32H26BrClN2O4/c1-21-7-9-22(10-8-21)19-40-31-28(33)16-23(17-30(31)38-2)15-25(18-35)32(37)36-26-11-13-27(14-12-26)39-20-24-5-3-4-6-29(24)34/h3-17H,19-20H2,1-2H3,(H,36,37)/b25-15+. The van der Waals surface area contributed by atoms with Crippen LogP contribution in [0.2, 0.25) is 5.02 Å². The Bertz CT molecular complexity index is 1560. The largest absolute Gasteiger partial charge is 0.493 e. The zero-order valence-corrected chi connectivity index (χ0v) is 24.3. The summed E-state index contributed by atoms with van der Waals surface area (Å²) in [6.07, 6.45) is 1.49. The summed E-state index contributed by atoms with van der Waals surface area (Å²) in [4.78, 5) is 12.9. The lowest BCUT2D eigenvalue weighted by Gasteiger charge is -2.14. The maximum atomic E-state index is 12.9. The van der Waals surface area contributed by atoms with Gasteiger partial charge in [0, 0.05) is 16.3 Å². The van der Waals surface area contributed by atoms with Gasteiger partial charge in [-0.3, -0.25) is 4.79 Å². The zero-order chi connectivity index (χ0) is 28.5. The molecule has 0 saturated heterocycles. The van der Waals surface area contributed by atoms with Crippen molar-refractivity contribution in [2.75, 3.05) is 12.4 Å². The second-order valence-electron chi connectivity index (χ2n) is 8.84. The van der Waals surface area contributed by atoms with E-state index < -0.39 is 5.91 Å². The van der Waals surface area contributed by atoms with Crippen molar-refractivity contribution in [2.24, 2.45) is 0 Å². The van der Waals surface area contributed by atoms with Gasteiger partial charge in [0.05, 0.1) is 11.6 Å². The summed E-state index contributed by atoms with van der Waals surface area (Å²) in [7, 11) is 1.54. The highest BCUT2D eigenvalue weighted by Crippen LogP contribution is 2.38. The van der Waals surface area contributed by atoms with Crippen molar-refractivity contribution >= 4 is 45.2 Å². The molecule has 0 atom stereocenters. The van der Waals surface area contributed by atoms with Crippen LogP contribution in [0.5, 0.6) is 17.2 Å². The van der Waals surface area contributed by atoms with Gasteiger partial charge >= 0.3 is 0 Å². The second-order valence-corrected chi connectivity index (χ2v) is 10.1. The first-order valence-corrected chi connectivity index (χ1v) is 13.5. The van der Waals surface area contributed by atoms with E-state index in [0.29, 0.717) is 51.2 Å². The molecule has 4 aromatic carbocycles. The van der Waals surface area contributed by atoms with Crippen LogP contribution >= 0.6 is 27.5 Å². The molecule has 1 amide bonds. The summed E-state index contributed by atoms with van der Waals surface area (Å²) in [5.74, 6) is 1.08. The molecular formula is C32H26BrClN2O4. The predicted molar refractivity (Wildman–Crippen MR) is 161 cm³/mol. The fraction of sp³-hybridized carbons (Fsp3) is 0.125. The van der Waals surface area contributed by atoms with Crippen molar-refractivity contribution in [3.05, 3.63) is 122 Å². The van der Waals surface area contributed by atoms with E-state index in [1.807, 2.05) is 61.5 Å². The number of aryl methyl sites for hydroxylation is 1. The maximum absolute atomic E-state index is 12.9. The van der Waals surface area contributed by atoms with E-state index in [-0.39, 0.29) is 5.57 Å². The molecule has 8 heteroatoms. The average molecular weight is 618 g/mol. The molecule has 0 heterocycles. The van der Waals surface area contributed by atoms with Crippen LogP contribution in [0.4, 0.5) is 5.69 Å². The monoisotopic (exact) mass is 616 g/mol. The Hall–Kier alpha value is -4.25. The highest BCUT2D eigenvalue weighted by molar-refractivity contribution is 9.10. The number of rotatable bonds is 10. The fourth-order valence-electron chi connectivity index (χ4n) is 3.73. The van der Waals surface area contributed by atoms with Crippen molar-refractivity contribution in [2.45, 2.75) is 20.1 Å². The molecule has 4 aromatic rings. The SMILES string of the molecule is COc1cc(/C=C(\C#N)C(=O)Nc2ccc(OCc3ccccc3Cl)cc2)cc(Br)c1OCc1ccc(C)cc1. The van der Waals surface area contributed by atoms with Crippen LogP contribution in [-0.4, -0.2) is 13.0 Å². The minimum absolute atomic E-state index is 0.0682. The molecule has 0 unspecified atom stereocenters. The molecule has 0 aliphatic rings. The smallest absolute Gasteiger partial charge is 0.266 e. The first kappa shape index (κ1) is 28.8. The normalized spacial score (nSPS) is 10.9. The quantitative estimate of drug-likeness (QED) is 0.144. The van der Waals surface area contributed by atoms with E-state index in [2.05, 4.69) is 21.2 Å². The molecule has 0 aliphatic carbocycles. The summed E-state index contributed by atoms with van der Waals surface area (Å²) < 4.78 is 17.9. The molecule has 0 bridgehead atoms. The molecule has 6 nitrogen and oxygen atoms in total. The molecule has 202 valence electrons. The van der Waals surface area contributed by atoms with E-state index >= 15 is 0 Å². The summed E-state index contributed by atoms with van der Waals surface area (Å²) >= 11 is 9.70. The third-order valence-corrected chi connectivity index (χ3v) is 6.85. The van der Waals surface area contributed by atoms with Gasteiger partial charge in [-0.25, -0.2) is 0 Å². The minimum atomic E-state index is -0.540. The Labute approximate surface area is 246 Å². The fourth-order valence-corrected chi connectivity index (χ4v) is 4.49. The lowest BCUT2D eigenvalue weighted by molar-refractivity contribution is -0.112. The predicted octanol–water partition coefficient (Wildman–Crippen LogP) is 8.12. The van der Waals surface area contributed by atoms with Crippen molar-refractivity contribution in [1.29, 1.82) is 5.26 Å². The number of benzene rings is 4. The van der Waals surface area contributed by atoms with E-state index in [1.165, 1.54) is 18.7 Å². The highest BCUT2D eigenvalue weighted by Gasteiger charge is 2.15. The van der Waals surface area contributed by atoms with Gasteiger partial charge in [-0.15, -0.1) is 0 Å². The molecule has 0 spiro atoms. The van der Waals surface area contributed by atoms with Gasteiger partial charge in [-0.2, -0.15) is 5.26 Å². The Morgan fingerprint density at radius 3 is 2.40 bits per heavy atom. The number of anilines is 1. The highest BCUT2D eigenvalue weighted by atomic mass is 79.9. The first-order chi connectivity index (χ1) is 19.4. The van der Waals surface area contributed by atoms with Crippen molar-refractivity contribution in [3.8, 4) is 23.3 Å². The number of carbonyl (C=O) groups excluding carboxylic acids is 1. The van der Waals surface area contributed by atoms with Crippen molar-refractivity contribution in [3.63, 3.8) is 0 Å². The Morgan fingerprint density at radius 2 is 1.73 bits per heavy atom. The Kier molecular flexibility index (Phi) is 9.85. The number of ether oxygens (including phenoxy) is 3. The van der Waals surface area contributed by atoms with Crippen molar-refractivity contribution in [1.82, 2.24) is 0 Å². The van der Waals surface area contributed by atoms with Gasteiger partial charge in [0.25, 0.3) is 5.91 Å². The van der Waals surface area contributed by atoms with E-state index in [0.717, 1.165) is 11.1 Å². The van der Waals surface area contributed by atoms with Gasteiger partial charge in [0.1, 0.15) is 30.6 Å². The molecule has 0 fully saturated rings. The lowest BCUT2D eigenvalue weighted by atomic mass is 10.1. The second kappa shape index (κ2) is 13.7. The van der Waals surface area contributed by atoms with Crippen LogP contribution in [0.25, 0.3) is 6.08 Å². The third kappa shape index (κ3) is 7.66. The minimum Gasteiger partial charge on any atom is -0.493 e. The maximum Gasteiger partial charge on any atom is 0.266 e. The number of hydrogen-bond donors (Lipinski definition) is 1. The zero-order valence-electron chi connectivity index (χ0n) is 21.9. The summed E-state index contributed by atoms with van der Waals surface area (Å²) in [5, 5.41) is 13.1. The molecule has 1 N–H and O–H groups in total. The van der Waals surface area contributed by atoms with Crippen LogP contribution in [0.1, 0.15) is 22.3 Å². The van der Waals surface area contributed by atoms with Gasteiger partial charge < -0.3 is 19.5 Å². The van der Waals surface area contributed by atoms with E-state index in [1.54, 1.807) is 36.4 Å². The number of halogens is 2. The average Bonchev–Trinajstić information content (AvgIpc) is 2.96. The van der Waals surface area contributed by atoms with E-state index in [9.17, 15) is 10.1 Å². The number of methoxy groups -OCH3 is 1. The van der Waals surface area contributed by atoms with E-state index in [4.69, 9.17) is 25.8 Å². The van der Waals surface area contributed by atoms with Gasteiger partial charge in [0.2, 0.25) is 0 Å². The van der Waals surface area contributed by atoms with Gasteiger partial charge in [-0.05, 0) is 82.5 Å². The molecular weight excluding hydrogens is 592 g/mol. The number of carbonyl (C=O) groups is 1. The number of nitrogens with one attached hydrogen (secondary N) is 1. The van der Waals surface area contributed by atoms with Gasteiger partial charge in [0.15, 0.2) is 11.5 Å². The number of amides is 1. The Morgan fingerprint density at radius 1 is 1.00 bits per heavy atom. The molecule has 4 rings (SSSR count). The van der Waals surface area contributed by atoms with Crippen LogP contribution in [-0.2, 0) is 18.0 Å². The molecule has 0 saturated carbocycles. The van der Waals surface area contributed by atoms with Crippen LogP contribution in [0.3, 0.4) is 0 Å². The summed E-state index contributed by atoms with van der Waals surface area (Å²) in [5.41, 5.74) is 4.12. The molecule has 40 heavy (non-hydrogen) atoms. The molecule has 0 aliphatic heterocycles. The van der Waals surface area contributed by atoms with Crippen LogP contribution in [0.15, 0.2) is 95.0 Å². The number of nitrogens with zero attached hydrogens (tertiary/aromatic N) is 1. The summed E-state index contributed by atoms with van der Waals surface area (Å²) in [6, 6.07) is 27.9. The van der Waals surface area contributed by atoms with Crippen LogP contribution < -0.4 is 19.5 Å². The Balaban J connectivity index is 1.42. The number of hydrogen-bond acceptors (Lipinski definition) is 5. The molecule has 0 radical (unpaired) electrons. The van der Waals surface area contributed by atoms with Crippen LogP contribution in [0, 0.1) is 18.3 Å². The summed E-state index contributed by atoms with van der Waals surface area (Å²) in [6.45, 7) is 2.71. The van der Waals surface area contributed by atoms with Gasteiger partial charge in [-0.1, -0.05) is 59.6 Å². The lowest BCUT2D eigenvalue weighted by Crippen LogP contribution is -2.13. The third-order valence-electron chi connectivity index (χ3n) is 5.90. The molecule has 0 aromatic heterocycles. The number of nitriles is 1. The topological polar surface area (TPSA) is 80.6 Å².